The Morgan fingerprint density at radius 3 is 2.83 bits per heavy atom. The van der Waals surface area contributed by atoms with Crippen LogP contribution >= 0.6 is 15.9 Å². The first-order chi connectivity index (χ1) is 11.0. The van der Waals surface area contributed by atoms with Crippen LogP contribution < -0.4 is 10.1 Å². The molecule has 5 nitrogen and oxygen atoms in total. The Balaban J connectivity index is 2.01. The van der Waals surface area contributed by atoms with E-state index in [1.165, 1.54) is 0 Å². The van der Waals surface area contributed by atoms with E-state index in [-0.39, 0.29) is 5.91 Å². The number of nitrogens with one attached hydrogen (secondary N) is 1. The van der Waals surface area contributed by atoms with Crippen molar-refractivity contribution >= 4 is 45.1 Å². The Morgan fingerprint density at radius 1 is 1.26 bits per heavy atom. The number of halogens is 1. The summed E-state index contributed by atoms with van der Waals surface area (Å²) < 4.78 is 6.14. The molecule has 1 heterocycles. The molecule has 116 valence electrons. The summed E-state index contributed by atoms with van der Waals surface area (Å²) in [5.41, 5.74) is 2.69. The minimum atomic E-state index is -1.06. The van der Waals surface area contributed by atoms with Gasteiger partial charge < -0.3 is 15.2 Å². The highest BCUT2D eigenvalue weighted by Crippen LogP contribution is 2.36. The number of benzene rings is 2. The average molecular weight is 374 g/mol. The van der Waals surface area contributed by atoms with Gasteiger partial charge in [0.05, 0.1) is 0 Å². The lowest BCUT2D eigenvalue weighted by Gasteiger charge is -2.07. The number of anilines is 1. The molecule has 0 radical (unpaired) electrons. The van der Waals surface area contributed by atoms with Crippen molar-refractivity contribution in [3.05, 3.63) is 58.1 Å². The summed E-state index contributed by atoms with van der Waals surface area (Å²) in [6.07, 6.45) is 1.70. The van der Waals surface area contributed by atoms with E-state index >= 15 is 0 Å². The second-order valence-electron chi connectivity index (χ2n) is 4.92. The molecule has 23 heavy (non-hydrogen) atoms. The fourth-order valence-electron chi connectivity index (χ4n) is 2.33. The molecule has 1 amide bonds. The Morgan fingerprint density at radius 2 is 2.04 bits per heavy atom. The Labute approximate surface area is 140 Å². The monoisotopic (exact) mass is 373 g/mol. The molecule has 1 aliphatic rings. The van der Waals surface area contributed by atoms with E-state index in [2.05, 4.69) is 21.2 Å². The van der Waals surface area contributed by atoms with Gasteiger partial charge in [0, 0.05) is 26.9 Å². The third kappa shape index (κ3) is 3.27. The van der Waals surface area contributed by atoms with Crippen molar-refractivity contribution in [2.24, 2.45) is 0 Å². The summed E-state index contributed by atoms with van der Waals surface area (Å²) in [5, 5.41) is 11.5. The van der Waals surface area contributed by atoms with Crippen LogP contribution in [0, 0.1) is 0 Å². The van der Waals surface area contributed by atoms with E-state index in [1.54, 1.807) is 30.3 Å². The number of amides is 1. The molecule has 2 aromatic rings. The average Bonchev–Trinajstić information content (AvgIpc) is 2.82. The van der Waals surface area contributed by atoms with E-state index in [0.29, 0.717) is 16.9 Å². The van der Waals surface area contributed by atoms with Crippen LogP contribution in [0.3, 0.4) is 0 Å². The van der Waals surface area contributed by atoms with Crippen LogP contribution in [0.2, 0.25) is 0 Å². The number of aliphatic carboxylic acids is 1. The SMILES string of the molecule is O=C(O)COc1ccccc1/C=C1/C(=O)Nc2ccc(Br)cc21. The van der Waals surface area contributed by atoms with Gasteiger partial charge in [0.15, 0.2) is 6.61 Å². The first-order valence-corrected chi connectivity index (χ1v) is 7.60. The maximum absolute atomic E-state index is 12.2. The van der Waals surface area contributed by atoms with Crippen molar-refractivity contribution in [3.63, 3.8) is 0 Å². The molecule has 6 heteroatoms. The van der Waals surface area contributed by atoms with Crippen LogP contribution in [0.25, 0.3) is 11.6 Å². The molecule has 0 saturated heterocycles. The van der Waals surface area contributed by atoms with Crippen LogP contribution in [-0.2, 0) is 9.59 Å². The topological polar surface area (TPSA) is 75.6 Å². The molecular formula is C17H12BrNO4. The predicted octanol–water partition coefficient (Wildman–Crippen LogP) is 3.41. The second kappa shape index (κ2) is 6.26. The van der Waals surface area contributed by atoms with Gasteiger partial charge in [0.2, 0.25) is 0 Å². The van der Waals surface area contributed by atoms with Gasteiger partial charge in [0.25, 0.3) is 5.91 Å². The molecule has 0 fully saturated rings. The molecule has 3 rings (SSSR count). The summed E-state index contributed by atoms with van der Waals surface area (Å²) in [6.45, 7) is -0.436. The third-order valence-electron chi connectivity index (χ3n) is 3.33. The van der Waals surface area contributed by atoms with Crippen LogP contribution in [0.5, 0.6) is 5.75 Å². The highest BCUT2D eigenvalue weighted by molar-refractivity contribution is 9.10. The molecular weight excluding hydrogens is 362 g/mol. The standard InChI is InChI=1S/C17H12BrNO4/c18-11-5-6-14-12(8-11)13(17(22)19-14)7-10-3-1-2-4-15(10)23-9-16(20)21/h1-8H,9H2,(H,19,22)(H,20,21)/b13-7+. The largest absolute Gasteiger partial charge is 0.481 e. The molecule has 0 atom stereocenters. The quantitative estimate of drug-likeness (QED) is 0.805. The maximum Gasteiger partial charge on any atom is 0.341 e. The number of carboxylic acids is 1. The van der Waals surface area contributed by atoms with Crippen molar-refractivity contribution in [2.45, 2.75) is 0 Å². The second-order valence-corrected chi connectivity index (χ2v) is 5.84. The first-order valence-electron chi connectivity index (χ1n) is 6.81. The number of para-hydroxylation sites is 1. The Kier molecular flexibility index (Phi) is 4.16. The van der Waals surface area contributed by atoms with Gasteiger partial charge >= 0.3 is 5.97 Å². The molecule has 0 saturated carbocycles. The van der Waals surface area contributed by atoms with E-state index in [1.807, 2.05) is 18.2 Å². The normalized spacial score (nSPS) is 14.5. The number of carboxylic acid groups (broad SMARTS) is 1. The number of carbonyl (C=O) groups is 2. The van der Waals surface area contributed by atoms with Crippen molar-refractivity contribution in [2.75, 3.05) is 11.9 Å². The van der Waals surface area contributed by atoms with Crippen LogP contribution in [0.4, 0.5) is 5.69 Å². The smallest absolute Gasteiger partial charge is 0.341 e. The predicted molar refractivity (Wildman–Crippen MR) is 90.2 cm³/mol. The molecule has 0 aliphatic carbocycles. The van der Waals surface area contributed by atoms with E-state index < -0.39 is 12.6 Å². The zero-order valence-corrected chi connectivity index (χ0v) is 13.5. The van der Waals surface area contributed by atoms with Gasteiger partial charge in [0.1, 0.15) is 5.75 Å². The van der Waals surface area contributed by atoms with Crippen molar-refractivity contribution in [3.8, 4) is 5.75 Å². The van der Waals surface area contributed by atoms with Crippen molar-refractivity contribution in [1.82, 2.24) is 0 Å². The fourth-order valence-corrected chi connectivity index (χ4v) is 2.69. The Hall–Kier alpha value is -2.60. The van der Waals surface area contributed by atoms with Gasteiger partial charge in [-0.25, -0.2) is 4.79 Å². The zero-order valence-electron chi connectivity index (χ0n) is 11.9. The summed E-state index contributed by atoms with van der Waals surface area (Å²) in [5.74, 6) is -0.842. The molecule has 0 bridgehead atoms. The molecule has 2 N–H and O–H groups in total. The van der Waals surface area contributed by atoms with Gasteiger partial charge in [-0.1, -0.05) is 34.1 Å². The minimum Gasteiger partial charge on any atom is -0.481 e. The van der Waals surface area contributed by atoms with Crippen molar-refractivity contribution in [1.29, 1.82) is 0 Å². The highest BCUT2D eigenvalue weighted by atomic mass is 79.9. The number of carbonyl (C=O) groups excluding carboxylic acids is 1. The van der Waals surface area contributed by atoms with Gasteiger partial charge in [-0.05, 0) is 30.3 Å². The number of ether oxygens (including phenoxy) is 1. The van der Waals surface area contributed by atoms with Crippen LogP contribution in [0.15, 0.2) is 46.9 Å². The fraction of sp³-hybridized carbons (Fsp3) is 0.0588. The summed E-state index contributed by atoms with van der Waals surface area (Å²) in [6, 6.07) is 12.5. The molecule has 1 aliphatic heterocycles. The van der Waals surface area contributed by atoms with Gasteiger partial charge in [-0.2, -0.15) is 0 Å². The number of fused-ring (bicyclic) bond motifs is 1. The number of hydrogen-bond donors (Lipinski definition) is 2. The lowest BCUT2D eigenvalue weighted by Crippen LogP contribution is -2.10. The minimum absolute atomic E-state index is 0.203. The first kappa shape index (κ1) is 15.3. The number of rotatable bonds is 4. The lowest BCUT2D eigenvalue weighted by atomic mass is 10.0. The lowest BCUT2D eigenvalue weighted by molar-refractivity contribution is -0.139. The van der Waals surface area contributed by atoms with Crippen LogP contribution in [0.1, 0.15) is 11.1 Å². The van der Waals surface area contributed by atoms with E-state index in [4.69, 9.17) is 9.84 Å². The van der Waals surface area contributed by atoms with Gasteiger partial charge in [-0.3, -0.25) is 4.79 Å². The van der Waals surface area contributed by atoms with Gasteiger partial charge in [-0.15, -0.1) is 0 Å². The van der Waals surface area contributed by atoms with E-state index in [9.17, 15) is 9.59 Å². The summed E-state index contributed by atoms with van der Waals surface area (Å²) in [4.78, 5) is 22.9. The van der Waals surface area contributed by atoms with Crippen LogP contribution in [-0.4, -0.2) is 23.6 Å². The highest BCUT2D eigenvalue weighted by Gasteiger charge is 2.24. The Bertz CT molecular complexity index is 829. The third-order valence-corrected chi connectivity index (χ3v) is 3.83. The maximum atomic E-state index is 12.2. The number of hydrogen-bond acceptors (Lipinski definition) is 3. The van der Waals surface area contributed by atoms with Crippen molar-refractivity contribution < 1.29 is 19.4 Å². The summed E-state index contributed by atoms with van der Waals surface area (Å²) in [7, 11) is 0. The van der Waals surface area contributed by atoms with E-state index in [0.717, 1.165) is 15.7 Å². The molecule has 0 unspecified atom stereocenters. The molecule has 0 aromatic heterocycles. The zero-order chi connectivity index (χ0) is 16.4. The molecule has 0 spiro atoms. The summed E-state index contributed by atoms with van der Waals surface area (Å²) >= 11 is 3.40. The molecule has 2 aromatic carbocycles.